The number of para-hydroxylation sites is 1. The van der Waals surface area contributed by atoms with Crippen molar-refractivity contribution < 1.29 is 19.2 Å². The van der Waals surface area contributed by atoms with Gasteiger partial charge in [-0.25, -0.2) is 0 Å². The molecule has 2 unspecified atom stereocenters. The lowest BCUT2D eigenvalue weighted by atomic mass is 10.1. The molecule has 1 saturated heterocycles. The lowest BCUT2D eigenvalue weighted by Crippen LogP contribution is -2.41. The van der Waals surface area contributed by atoms with Crippen LogP contribution in [0.15, 0.2) is 24.3 Å². The number of Topliss-reactive ketones (excluding diaryl/α,β-unsaturated/α-hetero) is 1. The minimum atomic E-state index is -0.688. The molecule has 20 heavy (non-hydrogen) atoms. The highest BCUT2D eigenvalue weighted by molar-refractivity contribution is 6.27. The zero-order chi connectivity index (χ0) is 14.7. The quantitative estimate of drug-likeness (QED) is 0.344. The van der Waals surface area contributed by atoms with Crippen LogP contribution in [-0.4, -0.2) is 40.8 Å². The van der Waals surface area contributed by atoms with E-state index in [2.05, 4.69) is 0 Å². The van der Waals surface area contributed by atoms with E-state index in [9.17, 15) is 19.7 Å². The molecule has 1 fully saturated rings. The molecule has 7 heteroatoms. The van der Waals surface area contributed by atoms with Crippen LogP contribution in [-0.2, 0) is 20.9 Å². The third kappa shape index (κ3) is 2.73. The van der Waals surface area contributed by atoms with Crippen molar-refractivity contribution in [3.63, 3.8) is 0 Å². The van der Waals surface area contributed by atoms with Gasteiger partial charge in [0, 0.05) is 18.2 Å². The van der Waals surface area contributed by atoms with Crippen LogP contribution in [0, 0.1) is 10.1 Å². The molecule has 0 radical (unpaired) electrons. The Balaban J connectivity index is 2.23. The molecule has 0 aromatic heterocycles. The van der Waals surface area contributed by atoms with Crippen molar-refractivity contribution >= 4 is 17.8 Å². The average Bonchev–Trinajstić information content (AvgIpc) is 2.79. The van der Waals surface area contributed by atoms with Crippen LogP contribution >= 0.6 is 0 Å². The Hall–Kier alpha value is -2.12. The van der Waals surface area contributed by atoms with Crippen LogP contribution in [0.4, 0.5) is 5.69 Å². The molecule has 2 atom stereocenters. The highest BCUT2D eigenvalue weighted by Gasteiger charge is 2.38. The summed E-state index contributed by atoms with van der Waals surface area (Å²) in [4.78, 5) is 34.4. The van der Waals surface area contributed by atoms with Crippen LogP contribution in [0.5, 0.6) is 0 Å². The zero-order valence-electron chi connectivity index (χ0n) is 10.9. The number of hydrogen-bond acceptors (Lipinski definition) is 6. The van der Waals surface area contributed by atoms with Crippen LogP contribution in [0.1, 0.15) is 12.5 Å². The van der Waals surface area contributed by atoms with E-state index in [0.29, 0.717) is 5.56 Å². The van der Waals surface area contributed by atoms with E-state index in [1.165, 1.54) is 6.07 Å². The lowest BCUT2D eigenvalue weighted by Gasteiger charge is -2.21. The highest BCUT2D eigenvalue weighted by atomic mass is 16.6. The van der Waals surface area contributed by atoms with Gasteiger partial charge in [-0.2, -0.15) is 0 Å². The summed E-state index contributed by atoms with van der Waals surface area (Å²) in [7, 11) is 0. The van der Waals surface area contributed by atoms with Gasteiger partial charge in [0.05, 0.1) is 11.0 Å². The van der Waals surface area contributed by atoms with Crippen molar-refractivity contribution in [2.24, 2.45) is 0 Å². The third-order valence-electron chi connectivity index (χ3n) is 3.31. The lowest BCUT2D eigenvalue weighted by molar-refractivity contribution is -0.385. The summed E-state index contributed by atoms with van der Waals surface area (Å²) in [6.45, 7) is 2.05. The predicted molar refractivity (Wildman–Crippen MR) is 68.9 cm³/mol. The van der Waals surface area contributed by atoms with Crippen LogP contribution in [0.3, 0.4) is 0 Å². The fraction of sp³-hybridized carbons (Fsp3) is 0.385. The van der Waals surface area contributed by atoms with Crippen molar-refractivity contribution in [2.75, 3.05) is 6.73 Å². The second-order valence-electron chi connectivity index (χ2n) is 4.60. The van der Waals surface area contributed by atoms with Crippen molar-refractivity contribution in [1.29, 1.82) is 0 Å². The van der Waals surface area contributed by atoms with Crippen LogP contribution in [0.2, 0.25) is 0 Å². The Bertz CT molecular complexity index is 545. The molecule has 1 heterocycles. The Kier molecular flexibility index (Phi) is 4.21. The maximum absolute atomic E-state index is 11.6. The summed E-state index contributed by atoms with van der Waals surface area (Å²) in [5.41, 5.74) is 0.475. The number of ether oxygens (including phenoxy) is 1. The van der Waals surface area contributed by atoms with Gasteiger partial charge in [-0.3, -0.25) is 24.6 Å². The van der Waals surface area contributed by atoms with Crippen molar-refractivity contribution in [1.82, 2.24) is 4.90 Å². The van der Waals surface area contributed by atoms with Crippen LogP contribution < -0.4 is 0 Å². The first-order chi connectivity index (χ1) is 9.54. The van der Waals surface area contributed by atoms with E-state index >= 15 is 0 Å². The first kappa shape index (κ1) is 14.3. The largest absolute Gasteiger partial charge is 0.361 e. The molecule has 1 aromatic carbocycles. The van der Waals surface area contributed by atoms with E-state index in [0.717, 1.165) is 0 Å². The summed E-state index contributed by atoms with van der Waals surface area (Å²) in [5.74, 6) is -0.575. The summed E-state index contributed by atoms with van der Waals surface area (Å²) in [6, 6.07) is 5.63. The molecule has 0 spiro atoms. The smallest absolute Gasteiger partial charge is 0.273 e. The number of nitro groups is 1. The summed E-state index contributed by atoms with van der Waals surface area (Å²) in [6.07, 6.45) is -0.141. The standard InChI is InChI=1S/C13H14N2O5/c1-9-13(12(17)7-16)14(8-20-9)6-10-4-2-3-5-11(10)15(18)19/h2-5,7,9,13H,6,8H2,1H3. The molecule has 1 aromatic rings. The number of benzene rings is 1. The number of nitrogens with zero attached hydrogens (tertiary/aromatic N) is 2. The second-order valence-corrected chi connectivity index (χ2v) is 4.60. The second kappa shape index (κ2) is 5.89. The fourth-order valence-electron chi connectivity index (χ4n) is 2.35. The van der Waals surface area contributed by atoms with E-state index in [-0.39, 0.29) is 25.2 Å². The Morgan fingerprint density at radius 3 is 2.90 bits per heavy atom. The molecule has 1 aliphatic heterocycles. The Morgan fingerprint density at radius 2 is 2.25 bits per heavy atom. The summed E-state index contributed by atoms with van der Waals surface area (Å²) < 4.78 is 5.35. The van der Waals surface area contributed by atoms with Gasteiger partial charge < -0.3 is 4.74 Å². The van der Waals surface area contributed by atoms with Crippen molar-refractivity contribution in [2.45, 2.75) is 25.6 Å². The third-order valence-corrected chi connectivity index (χ3v) is 3.31. The first-order valence-electron chi connectivity index (χ1n) is 6.11. The van der Waals surface area contributed by atoms with Gasteiger partial charge in [-0.15, -0.1) is 0 Å². The van der Waals surface area contributed by atoms with E-state index in [4.69, 9.17) is 4.74 Å². The minimum Gasteiger partial charge on any atom is -0.361 e. The average molecular weight is 278 g/mol. The molecule has 106 valence electrons. The number of hydrogen-bond donors (Lipinski definition) is 0. The highest BCUT2D eigenvalue weighted by Crippen LogP contribution is 2.24. The SMILES string of the molecule is CC1OCN(Cc2ccccc2[N+](=O)[O-])C1C(=O)C=O. The van der Waals surface area contributed by atoms with Gasteiger partial charge in [0.1, 0.15) is 12.8 Å². The van der Waals surface area contributed by atoms with Gasteiger partial charge in [0.25, 0.3) is 5.69 Å². The fourth-order valence-corrected chi connectivity index (χ4v) is 2.35. The van der Waals surface area contributed by atoms with Gasteiger partial charge in [-0.1, -0.05) is 18.2 Å². The predicted octanol–water partition coefficient (Wildman–Crippen LogP) is 0.910. The molecule has 0 N–H and O–H groups in total. The molecule has 2 rings (SSSR count). The number of nitro benzene ring substituents is 1. The van der Waals surface area contributed by atoms with E-state index < -0.39 is 22.9 Å². The number of carbonyl (C=O) groups is 2. The van der Waals surface area contributed by atoms with Gasteiger partial charge in [-0.05, 0) is 6.92 Å². The van der Waals surface area contributed by atoms with Crippen molar-refractivity contribution in [3.05, 3.63) is 39.9 Å². The monoisotopic (exact) mass is 278 g/mol. The summed E-state index contributed by atoms with van der Waals surface area (Å²) >= 11 is 0. The normalized spacial score (nSPS) is 22.6. The van der Waals surface area contributed by atoms with Gasteiger partial charge in [0.2, 0.25) is 5.78 Å². The number of carbonyl (C=O) groups excluding carboxylic acids is 2. The topological polar surface area (TPSA) is 89.8 Å². The Morgan fingerprint density at radius 1 is 1.55 bits per heavy atom. The van der Waals surface area contributed by atoms with E-state index in [1.807, 2.05) is 0 Å². The van der Waals surface area contributed by atoms with E-state index in [1.54, 1.807) is 30.0 Å². The number of rotatable bonds is 5. The Labute approximate surface area is 115 Å². The molecule has 0 aliphatic carbocycles. The minimum absolute atomic E-state index is 0.00986. The maximum Gasteiger partial charge on any atom is 0.273 e. The zero-order valence-corrected chi connectivity index (χ0v) is 10.9. The van der Waals surface area contributed by atoms with Gasteiger partial charge in [0.15, 0.2) is 6.29 Å². The molecule has 0 saturated carbocycles. The molecular weight excluding hydrogens is 264 g/mol. The number of ketones is 1. The number of aldehydes is 1. The molecule has 1 aliphatic rings. The maximum atomic E-state index is 11.6. The first-order valence-corrected chi connectivity index (χ1v) is 6.11. The van der Waals surface area contributed by atoms with Crippen molar-refractivity contribution in [3.8, 4) is 0 Å². The molecular formula is C13H14N2O5. The molecule has 0 amide bonds. The summed E-state index contributed by atoms with van der Waals surface area (Å²) in [5, 5.41) is 11.0. The molecule has 0 bridgehead atoms. The molecule has 7 nitrogen and oxygen atoms in total. The van der Waals surface area contributed by atoms with Gasteiger partial charge >= 0.3 is 0 Å². The van der Waals surface area contributed by atoms with Crippen LogP contribution in [0.25, 0.3) is 0 Å².